The van der Waals surface area contributed by atoms with E-state index in [-0.39, 0.29) is 0 Å². The highest BCUT2D eigenvalue weighted by molar-refractivity contribution is 6.43. The number of hydrogen-bond donors (Lipinski definition) is 1. The molecule has 0 aliphatic heterocycles. The summed E-state index contributed by atoms with van der Waals surface area (Å²) >= 11 is 18.2. The van der Waals surface area contributed by atoms with Crippen LogP contribution in [0.25, 0.3) is 0 Å². The van der Waals surface area contributed by atoms with E-state index in [2.05, 4.69) is 17.2 Å². The van der Waals surface area contributed by atoms with Gasteiger partial charge in [-0.15, -0.1) is 0 Å². The first-order chi connectivity index (χ1) is 10.1. The maximum Gasteiger partial charge on any atom is 0.238 e. The van der Waals surface area contributed by atoms with Gasteiger partial charge in [-0.05, 0) is 36.7 Å². The van der Waals surface area contributed by atoms with Gasteiger partial charge in [0.25, 0.3) is 0 Å². The maximum atomic E-state index is 6.19. The molecule has 3 nitrogen and oxygen atoms in total. The second kappa shape index (κ2) is 7.85. The van der Waals surface area contributed by atoms with Crippen LogP contribution < -0.4 is 10.1 Å². The summed E-state index contributed by atoms with van der Waals surface area (Å²) in [5.74, 6) is 0.732. The number of aromatic nitrogens is 1. The van der Waals surface area contributed by atoms with E-state index in [0.29, 0.717) is 26.7 Å². The highest BCUT2D eigenvalue weighted by Crippen LogP contribution is 2.36. The molecule has 1 aromatic carbocycles. The zero-order valence-electron chi connectivity index (χ0n) is 11.5. The van der Waals surface area contributed by atoms with Gasteiger partial charge in [-0.25, -0.2) is 4.98 Å². The van der Waals surface area contributed by atoms with Crippen LogP contribution >= 0.6 is 34.8 Å². The van der Waals surface area contributed by atoms with E-state index in [9.17, 15) is 0 Å². The molecule has 0 unspecified atom stereocenters. The maximum absolute atomic E-state index is 6.19. The Kier molecular flexibility index (Phi) is 6.12. The molecule has 1 heterocycles. The van der Waals surface area contributed by atoms with Crippen molar-refractivity contribution in [2.45, 2.75) is 19.9 Å². The lowest BCUT2D eigenvalue weighted by Crippen LogP contribution is -2.13. The quantitative estimate of drug-likeness (QED) is 0.718. The van der Waals surface area contributed by atoms with Crippen LogP contribution in [0.3, 0.4) is 0 Å². The van der Waals surface area contributed by atoms with E-state index in [0.717, 1.165) is 25.1 Å². The largest absolute Gasteiger partial charge is 0.436 e. The van der Waals surface area contributed by atoms with Gasteiger partial charge in [0.1, 0.15) is 15.8 Å². The Balaban J connectivity index is 2.12. The summed E-state index contributed by atoms with van der Waals surface area (Å²) in [6, 6.07) is 6.97. The molecule has 0 saturated carbocycles. The molecule has 112 valence electrons. The third-order valence-corrected chi connectivity index (χ3v) is 3.82. The van der Waals surface area contributed by atoms with Gasteiger partial charge in [-0.2, -0.15) is 0 Å². The van der Waals surface area contributed by atoms with Crippen LogP contribution in [0.4, 0.5) is 0 Å². The predicted octanol–water partition coefficient (Wildman–Crippen LogP) is 5.33. The molecule has 0 atom stereocenters. The molecule has 1 N–H and O–H groups in total. The molecule has 6 heteroatoms. The Labute approximate surface area is 139 Å². The lowest BCUT2D eigenvalue weighted by atomic mass is 10.3. The fourth-order valence-electron chi connectivity index (χ4n) is 1.71. The summed E-state index contributed by atoms with van der Waals surface area (Å²) in [5, 5.41) is 4.48. The second-order valence-electron chi connectivity index (χ2n) is 4.46. The summed E-state index contributed by atoms with van der Waals surface area (Å²) in [4.78, 5) is 4.23. The summed E-state index contributed by atoms with van der Waals surface area (Å²) in [5.41, 5.74) is 0.998. The first-order valence-corrected chi connectivity index (χ1v) is 7.72. The Morgan fingerprint density at radius 1 is 1.19 bits per heavy atom. The van der Waals surface area contributed by atoms with Gasteiger partial charge in [0.2, 0.25) is 5.88 Å². The number of ether oxygens (including phenoxy) is 1. The van der Waals surface area contributed by atoms with Crippen LogP contribution in [0.5, 0.6) is 11.6 Å². The van der Waals surface area contributed by atoms with Crippen molar-refractivity contribution in [2.75, 3.05) is 6.54 Å². The number of benzene rings is 1. The van der Waals surface area contributed by atoms with Crippen molar-refractivity contribution in [3.05, 3.63) is 51.1 Å². The van der Waals surface area contributed by atoms with Crippen LogP contribution in [0.2, 0.25) is 15.1 Å². The molecule has 0 amide bonds. The van der Waals surface area contributed by atoms with Crippen LogP contribution in [-0.2, 0) is 6.54 Å². The standard InChI is InChI=1S/C15H15Cl3N2O/c1-2-6-19-8-10-7-12(17)15(20-9-10)21-13-5-3-4-11(16)14(13)18/h3-5,7,9,19H,2,6,8H2,1H3. The van der Waals surface area contributed by atoms with Crippen molar-refractivity contribution in [3.8, 4) is 11.6 Å². The van der Waals surface area contributed by atoms with Crippen molar-refractivity contribution in [2.24, 2.45) is 0 Å². The Bertz CT molecular complexity index is 620. The summed E-state index contributed by atoms with van der Waals surface area (Å²) < 4.78 is 5.62. The molecule has 2 aromatic rings. The Morgan fingerprint density at radius 3 is 2.71 bits per heavy atom. The average molecular weight is 346 g/mol. The van der Waals surface area contributed by atoms with Crippen molar-refractivity contribution in [1.82, 2.24) is 10.3 Å². The molecule has 1 aromatic heterocycles. The number of pyridine rings is 1. The summed E-state index contributed by atoms with van der Waals surface area (Å²) in [6.45, 7) is 3.79. The van der Waals surface area contributed by atoms with E-state index in [1.165, 1.54) is 0 Å². The smallest absolute Gasteiger partial charge is 0.238 e. The molecular weight excluding hydrogens is 331 g/mol. The zero-order chi connectivity index (χ0) is 15.2. The highest BCUT2D eigenvalue weighted by Gasteiger charge is 2.10. The molecule has 0 aliphatic carbocycles. The SMILES string of the molecule is CCCNCc1cnc(Oc2cccc(Cl)c2Cl)c(Cl)c1. The number of nitrogens with zero attached hydrogens (tertiary/aromatic N) is 1. The molecule has 0 bridgehead atoms. The van der Waals surface area contributed by atoms with Crippen LogP contribution in [0.15, 0.2) is 30.5 Å². The van der Waals surface area contributed by atoms with Gasteiger partial charge in [-0.1, -0.05) is 47.8 Å². The lowest BCUT2D eigenvalue weighted by molar-refractivity contribution is 0.463. The van der Waals surface area contributed by atoms with Gasteiger partial charge in [0.05, 0.1) is 5.02 Å². The normalized spacial score (nSPS) is 10.7. The second-order valence-corrected chi connectivity index (χ2v) is 5.65. The third kappa shape index (κ3) is 4.48. The molecule has 0 aliphatic rings. The van der Waals surface area contributed by atoms with Gasteiger partial charge < -0.3 is 10.1 Å². The molecule has 0 spiro atoms. The molecule has 0 radical (unpaired) electrons. The van der Waals surface area contributed by atoms with Crippen molar-refractivity contribution >= 4 is 34.8 Å². The first-order valence-electron chi connectivity index (χ1n) is 6.58. The minimum absolute atomic E-state index is 0.306. The van der Waals surface area contributed by atoms with Crippen molar-refractivity contribution < 1.29 is 4.74 Å². The minimum atomic E-state index is 0.306. The Hall–Kier alpha value is -1.000. The minimum Gasteiger partial charge on any atom is -0.436 e. The molecule has 0 saturated heterocycles. The zero-order valence-corrected chi connectivity index (χ0v) is 13.8. The fourth-order valence-corrected chi connectivity index (χ4v) is 2.27. The van der Waals surface area contributed by atoms with Gasteiger partial charge in [0.15, 0.2) is 0 Å². The Morgan fingerprint density at radius 2 is 2.00 bits per heavy atom. The summed E-state index contributed by atoms with van der Waals surface area (Å²) in [6.07, 6.45) is 2.80. The van der Waals surface area contributed by atoms with E-state index < -0.39 is 0 Å². The lowest BCUT2D eigenvalue weighted by Gasteiger charge is -2.10. The first kappa shape index (κ1) is 16.4. The van der Waals surface area contributed by atoms with Crippen LogP contribution in [0, 0.1) is 0 Å². The monoisotopic (exact) mass is 344 g/mol. The number of halogens is 3. The van der Waals surface area contributed by atoms with E-state index in [1.807, 2.05) is 6.07 Å². The van der Waals surface area contributed by atoms with Crippen LogP contribution in [0.1, 0.15) is 18.9 Å². The fraction of sp³-hybridized carbons (Fsp3) is 0.267. The molecular formula is C15H15Cl3N2O. The van der Waals surface area contributed by atoms with Crippen molar-refractivity contribution in [3.63, 3.8) is 0 Å². The van der Waals surface area contributed by atoms with Gasteiger partial charge in [0, 0.05) is 12.7 Å². The van der Waals surface area contributed by atoms with E-state index in [4.69, 9.17) is 39.5 Å². The number of rotatable bonds is 6. The van der Waals surface area contributed by atoms with Gasteiger partial charge >= 0.3 is 0 Å². The highest BCUT2D eigenvalue weighted by atomic mass is 35.5. The van der Waals surface area contributed by atoms with Gasteiger partial charge in [-0.3, -0.25) is 0 Å². The van der Waals surface area contributed by atoms with E-state index in [1.54, 1.807) is 24.4 Å². The average Bonchev–Trinajstić information content (AvgIpc) is 2.47. The topological polar surface area (TPSA) is 34.2 Å². The van der Waals surface area contributed by atoms with Crippen LogP contribution in [-0.4, -0.2) is 11.5 Å². The third-order valence-electron chi connectivity index (χ3n) is 2.74. The molecule has 2 rings (SSSR count). The molecule has 21 heavy (non-hydrogen) atoms. The predicted molar refractivity (Wildman–Crippen MR) is 87.8 cm³/mol. The van der Waals surface area contributed by atoms with Crippen molar-refractivity contribution in [1.29, 1.82) is 0 Å². The van der Waals surface area contributed by atoms with E-state index >= 15 is 0 Å². The number of nitrogens with one attached hydrogen (secondary N) is 1. The molecule has 0 fully saturated rings. The summed E-state index contributed by atoms with van der Waals surface area (Å²) in [7, 11) is 0. The number of hydrogen-bond acceptors (Lipinski definition) is 3.